The second kappa shape index (κ2) is 8.82. The average Bonchev–Trinajstić information content (AvgIpc) is 3.58. The van der Waals surface area contributed by atoms with Crippen LogP contribution in [0.25, 0.3) is 11.3 Å². The highest BCUT2D eigenvalue weighted by molar-refractivity contribution is 6.42. The first kappa shape index (κ1) is 22.9. The fraction of sp³-hybridized carbons (Fsp3) is 0.143. The van der Waals surface area contributed by atoms with Crippen molar-refractivity contribution in [3.8, 4) is 11.3 Å². The predicted octanol–water partition coefficient (Wildman–Crippen LogP) is 6.61. The summed E-state index contributed by atoms with van der Waals surface area (Å²) in [6, 6.07) is 24.8. The Morgan fingerprint density at radius 2 is 1.53 bits per heavy atom. The molecule has 3 heterocycles. The van der Waals surface area contributed by atoms with E-state index in [1.54, 1.807) is 35.4 Å². The Bertz CT molecular complexity index is 1470. The van der Waals surface area contributed by atoms with Crippen molar-refractivity contribution in [2.75, 3.05) is 9.96 Å². The molecule has 2 amide bonds. The number of carbonyl (C=O) groups is 2. The lowest BCUT2D eigenvalue weighted by atomic mass is 9.94. The standard InChI is InChI=1S/C28H20Cl2N2O4/c1-16-7-10-18(11-8-16)31-27(33)24-25(32(36-26(24)28(31)34)19-5-3-2-4-6-19)23-14-13-22(35-23)17-9-12-20(29)21(30)15-17/h2-15,24-26H,1H3/t24-,25+,26+/m1/s1. The molecular weight excluding hydrogens is 499 g/mol. The number of rotatable bonds is 4. The molecule has 36 heavy (non-hydrogen) atoms. The van der Waals surface area contributed by atoms with Gasteiger partial charge in [-0.15, -0.1) is 0 Å². The van der Waals surface area contributed by atoms with Crippen LogP contribution in [-0.4, -0.2) is 17.9 Å². The topological polar surface area (TPSA) is 63.0 Å². The molecule has 0 N–H and O–H groups in total. The van der Waals surface area contributed by atoms with Crippen LogP contribution in [0, 0.1) is 12.8 Å². The maximum atomic E-state index is 13.7. The molecule has 1 aromatic heterocycles. The van der Waals surface area contributed by atoms with Gasteiger partial charge in [0.15, 0.2) is 6.10 Å². The average molecular weight is 519 g/mol. The molecule has 0 radical (unpaired) electrons. The summed E-state index contributed by atoms with van der Waals surface area (Å²) in [6.45, 7) is 1.95. The highest BCUT2D eigenvalue weighted by Crippen LogP contribution is 2.48. The molecule has 0 bridgehead atoms. The van der Waals surface area contributed by atoms with Crippen molar-refractivity contribution < 1.29 is 18.8 Å². The molecule has 2 aliphatic heterocycles. The molecule has 2 fully saturated rings. The van der Waals surface area contributed by atoms with Crippen LogP contribution >= 0.6 is 23.2 Å². The molecule has 6 nitrogen and oxygen atoms in total. The number of halogens is 2. The summed E-state index contributed by atoms with van der Waals surface area (Å²) in [5, 5.41) is 2.46. The van der Waals surface area contributed by atoms with Gasteiger partial charge in [0, 0.05) is 5.56 Å². The predicted molar refractivity (Wildman–Crippen MR) is 138 cm³/mol. The van der Waals surface area contributed by atoms with Crippen LogP contribution in [0.5, 0.6) is 0 Å². The molecule has 6 rings (SSSR count). The Kier molecular flexibility index (Phi) is 5.60. The molecule has 4 aromatic rings. The number of aryl methyl sites for hydroxylation is 1. The first-order chi connectivity index (χ1) is 17.4. The number of anilines is 2. The van der Waals surface area contributed by atoms with Crippen molar-refractivity contribution in [1.29, 1.82) is 0 Å². The minimum atomic E-state index is -0.970. The van der Waals surface area contributed by atoms with Gasteiger partial charge in [-0.05, 0) is 61.5 Å². The van der Waals surface area contributed by atoms with Gasteiger partial charge >= 0.3 is 0 Å². The molecule has 8 heteroatoms. The molecular formula is C28H20Cl2N2O4. The Balaban J connectivity index is 1.41. The Hall–Kier alpha value is -3.58. The van der Waals surface area contributed by atoms with E-state index in [2.05, 4.69) is 0 Å². The maximum Gasteiger partial charge on any atom is 0.266 e. The van der Waals surface area contributed by atoms with Crippen LogP contribution < -0.4 is 9.96 Å². The van der Waals surface area contributed by atoms with Gasteiger partial charge in [-0.1, -0.05) is 59.1 Å². The number of hydroxylamine groups is 1. The van der Waals surface area contributed by atoms with Crippen LogP contribution in [0.1, 0.15) is 17.4 Å². The zero-order chi connectivity index (χ0) is 25.0. The van der Waals surface area contributed by atoms with E-state index in [0.717, 1.165) is 11.1 Å². The Morgan fingerprint density at radius 1 is 0.778 bits per heavy atom. The Morgan fingerprint density at radius 3 is 2.25 bits per heavy atom. The van der Waals surface area contributed by atoms with Gasteiger partial charge in [0.25, 0.3) is 5.91 Å². The number of nitrogens with zero attached hydrogens (tertiary/aromatic N) is 2. The molecule has 0 saturated carbocycles. The number of benzene rings is 3. The molecule has 2 saturated heterocycles. The zero-order valence-electron chi connectivity index (χ0n) is 19.1. The minimum absolute atomic E-state index is 0.329. The number of amides is 2. The van der Waals surface area contributed by atoms with E-state index in [9.17, 15) is 9.59 Å². The minimum Gasteiger partial charge on any atom is -0.459 e. The molecule has 3 atom stereocenters. The van der Waals surface area contributed by atoms with E-state index >= 15 is 0 Å². The van der Waals surface area contributed by atoms with Crippen molar-refractivity contribution in [2.24, 2.45) is 5.92 Å². The van der Waals surface area contributed by atoms with Crippen molar-refractivity contribution in [1.82, 2.24) is 0 Å². The fourth-order valence-corrected chi connectivity index (χ4v) is 5.06. The lowest BCUT2D eigenvalue weighted by molar-refractivity contribution is -0.126. The number of hydrogen-bond acceptors (Lipinski definition) is 5. The Labute approximate surface area is 217 Å². The first-order valence-corrected chi connectivity index (χ1v) is 12.2. The monoisotopic (exact) mass is 518 g/mol. The molecule has 3 aromatic carbocycles. The maximum absolute atomic E-state index is 13.7. The lowest BCUT2D eigenvalue weighted by Gasteiger charge is -2.27. The van der Waals surface area contributed by atoms with Gasteiger partial charge in [-0.3, -0.25) is 14.4 Å². The summed E-state index contributed by atoms with van der Waals surface area (Å²) in [4.78, 5) is 34.5. The summed E-state index contributed by atoms with van der Waals surface area (Å²) < 4.78 is 6.24. The summed E-state index contributed by atoms with van der Waals surface area (Å²) in [7, 11) is 0. The summed E-state index contributed by atoms with van der Waals surface area (Å²) in [5.74, 6) is -0.448. The van der Waals surface area contributed by atoms with Gasteiger partial charge in [0.05, 0.1) is 21.4 Å². The van der Waals surface area contributed by atoms with Crippen molar-refractivity contribution >= 4 is 46.4 Å². The van der Waals surface area contributed by atoms with Gasteiger partial charge in [-0.25, -0.2) is 9.96 Å². The van der Waals surface area contributed by atoms with Gasteiger partial charge in [0.2, 0.25) is 5.91 Å². The lowest BCUT2D eigenvalue weighted by Crippen LogP contribution is -2.37. The van der Waals surface area contributed by atoms with E-state index in [-0.39, 0.29) is 5.91 Å². The third-order valence-electron chi connectivity index (χ3n) is 6.54. The van der Waals surface area contributed by atoms with Gasteiger partial charge in [-0.2, -0.15) is 0 Å². The third kappa shape index (κ3) is 3.69. The number of hydrogen-bond donors (Lipinski definition) is 0. The van der Waals surface area contributed by atoms with Crippen LogP contribution in [0.4, 0.5) is 11.4 Å². The smallest absolute Gasteiger partial charge is 0.266 e. The normalized spacial score (nSPS) is 21.4. The third-order valence-corrected chi connectivity index (χ3v) is 7.28. The first-order valence-electron chi connectivity index (χ1n) is 11.4. The molecule has 180 valence electrons. The van der Waals surface area contributed by atoms with Crippen molar-refractivity contribution in [3.05, 3.63) is 106 Å². The van der Waals surface area contributed by atoms with Crippen LogP contribution in [0.3, 0.4) is 0 Å². The van der Waals surface area contributed by atoms with E-state index in [4.69, 9.17) is 32.5 Å². The summed E-state index contributed by atoms with van der Waals surface area (Å²) in [6.07, 6.45) is -0.970. The zero-order valence-corrected chi connectivity index (χ0v) is 20.6. The fourth-order valence-electron chi connectivity index (χ4n) is 4.77. The SMILES string of the molecule is Cc1ccc(N2C(=O)[C@H]3[C@H](ON(c4ccccc4)[C@H]3c3ccc(-c4ccc(Cl)c(Cl)c4)o3)C2=O)cc1. The largest absolute Gasteiger partial charge is 0.459 e. The van der Waals surface area contributed by atoms with Crippen molar-refractivity contribution in [3.63, 3.8) is 0 Å². The highest BCUT2D eigenvalue weighted by Gasteiger charge is 2.61. The molecule has 2 aliphatic rings. The van der Waals surface area contributed by atoms with E-state index in [1.807, 2.05) is 61.5 Å². The summed E-state index contributed by atoms with van der Waals surface area (Å²) >= 11 is 12.3. The van der Waals surface area contributed by atoms with Crippen LogP contribution in [0.15, 0.2) is 89.3 Å². The number of carbonyl (C=O) groups excluding carboxylic acids is 2. The van der Waals surface area contributed by atoms with Crippen LogP contribution in [0.2, 0.25) is 10.0 Å². The van der Waals surface area contributed by atoms with Crippen molar-refractivity contribution in [2.45, 2.75) is 19.1 Å². The van der Waals surface area contributed by atoms with E-state index in [0.29, 0.717) is 32.9 Å². The second-order valence-electron chi connectivity index (χ2n) is 8.84. The van der Waals surface area contributed by atoms with E-state index < -0.39 is 24.0 Å². The number of fused-ring (bicyclic) bond motifs is 1. The molecule has 0 aliphatic carbocycles. The number of furan rings is 1. The molecule has 0 spiro atoms. The quantitative estimate of drug-likeness (QED) is 0.284. The number of para-hydroxylation sites is 1. The summed E-state index contributed by atoms with van der Waals surface area (Å²) in [5.41, 5.74) is 3.02. The van der Waals surface area contributed by atoms with Crippen LogP contribution in [-0.2, 0) is 14.4 Å². The molecule has 0 unspecified atom stereocenters. The van der Waals surface area contributed by atoms with E-state index in [1.165, 1.54) is 4.90 Å². The number of imide groups is 1. The second-order valence-corrected chi connectivity index (χ2v) is 9.65. The van der Waals surface area contributed by atoms with Gasteiger partial charge in [0.1, 0.15) is 23.5 Å². The van der Waals surface area contributed by atoms with Gasteiger partial charge < -0.3 is 4.42 Å². The highest BCUT2D eigenvalue weighted by atomic mass is 35.5.